The number of likely N-dealkylation sites (tertiary alicyclic amines) is 1. The van der Waals surface area contributed by atoms with Crippen molar-refractivity contribution in [2.24, 2.45) is 7.05 Å². The summed E-state index contributed by atoms with van der Waals surface area (Å²) in [5.41, 5.74) is -0.539. The number of nitrogens with zero attached hydrogens (tertiary/aromatic N) is 4. The van der Waals surface area contributed by atoms with Crippen LogP contribution >= 0.6 is 0 Å². The Hall–Kier alpha value is -2.12. The van der Waals surface area contributed by atoms with Gasteiger partial charge in [-0.3, -0.25) is 15.0 Å². The molecule has 2 rings (SSSR count). The van der Waals surface area contributed by atoms with Crippen LogP contribution in [-0.2, 0) is 16.6 Å². The molecule has 1 saturated heterocycles. The van der Waals surface area contributed by atoms with Crippen molar-refractivity contribution in [3.63, 3.8) is 0 Å². The number of aryl methyl sites for hydroxylation is 1. The molecule has 8 heteroatoms. The van der Waals surface area contributed by atoms with Gasteiger partial charge in [0.1, 0.15) is 5.60 Å². The summed E-state index contributed by atoms with van der Waals surface area (Å²) in [5.74, 6) is 0.686. The monoisotopic (exact) mass is 309 g/mol. The molecular weight excluding hydrogens is 286 g/mol. The van der Waals surface area contributed by atoms with Gasteiger partial charge in [0, 0.05) is 20.5 Å². The topological polar surface area (TPSA) is 89.3 Å². The number of hydrogen-bond donors (Lipinski definition) is 1. The average molecular weight is 309 g/mol. The summed E-state index contributed by atoms with van der Waals surface area (Å²) in [6.07, 6.45) is 1.30. The van der Waals surface area contributed by atoms with Crippen molar-refractivity contribution in [2.75, 3.05) is 11.9 Å². The highest BCUT2D eigenvalue weighted by molar-refractivity contribution is 5.86. The summed E-state index contributed by atoms with van der Waals surface area (Å²) in [6, 6.07) is -0.219. The zero-order chi connectivity index (χ0) is 16.5. The third-order valence-electron chi connectivity index (χ3n) is 3.25. The number of anilines is 1. The molecule has 0 saturated carbocycles. The molecule has 0 aliphatic carbocycles. The van der Waals surface area contributed by atoms with Crippen LogP contribution in [0.3, 0.4) is 0 Å². The fourth-order valence-corrected chi connectivity index (χ4v) is 2.39. The van der Waals surface area contributed by atoms with E-state index in [0.717, 1.165) is 12.8 Å². The molecule has 1 N–H and O–H groups in total. The summed E-state index contributed by atoms with van der Waals surface area (Å²) in [5, 5.41) is 6.93. The fraction of sp³-hybridized carbons (Fsp3) is 0.714. The van der Waals surface area contributed by atoms with E-state index in [1.165, 1.54) is 11.6 Å². The van der Waals surface area contributed by atoms with Crippen LogP contribution in [-0.4, -0.2) is 43.8 Å². The highest BCUT2D eigenvalue weighted by atomic mass is 16.6. The van der Waals surface area contributed by atoms with Crippen LogP contribution in [0.25, 0.3) is 0 Å². The van der Waals surface area contributed by atoms with Gasteiger partial charge in [-0.05, 0) is 33.6 Å². The molecule has 1 aromatic heterocycles. The lowest BCUT2D eigenvalue weighted by atomic mass is 10.2. The lowest BCUT2D eigenvalue weighted by molar-refractivity contribution is -0.114. The minimum absolute atomic E-state index is 0.211. The maximum Gasteiger partial charge on any atom is 0.410 e. The minimum Gasteiger partial charge on any atom is -0.444 e. The standard InChI is InChI=1S/C14H23N5O3/c1-9(20)15-12-16-11(17-18(12)5)10-7-6-8-19(10)13(21)22-14(2,3)4/h10H,6-8H2,1-5H3,(H,15,16,17,20)/t10-/m1/s1. The van der Waals surface area contributed by atoms with Gasteiger partial charge in [-0.25, -0.2) is 9.48 Å². The molecular formula is C14H23N5O3. The van der Waals surface area contributed by atoms with Gasteiger partial charge in [-0.1, -0.05) is 0 Å². The molecule has 1 fully saturated rings. The van der Waals surface area contributed by atoms with Gasteiger partial charge in [0.05, 0.1) is 6.04 Å². The predicted molar refractivity (Wildman–Crippen MR) is 80.2 cm³/mol. The Bertz CT molecular complexity index is 576. The first-order valence-corrected chi connectivity index (χ1v) is 7.35. The zero-order valence-corrected chi connectivity index (χ0v) is 13.7. The molecule has 0 unspecified atom stereocenters. The first-order valence-electron chi connectivity index (χ1n) is 7.35. The molecule has 122 valence electrons. The van der Waals surface area contributed by atoms with E-state index < -0.39 is 5.60 Å². The van der Waals surface area contributed by atoms with Crippen molar-refractivity contribution in [2.45, 2.75) is 52.2 Å². The van der Waals surface area contributed by atoms with Crippen molar-refractivity contribution >= 4 is 17.9 Å². The van der Waals surface area contributed by atoms with Gasteiger partial charge in [0.25, 0.3) is 0 Å². The SMILES string of the molecule is CC(=O)Nc1nc([C@H]2CCCN2C(=O)OC(C)(C)C)nn1C. The van der Waals surface area contributed by atoms with Crippen LogP contribution in [0.15, 0.2) is 0 Å². The molecule has 1 atom stereocenters. The van der Waals surface area contributed by atoms with Crippen molar-refractivity contribution in [3.8, 4) is 0 Å². The first-order chi connectivity index (χ1) is 10.2. The number of hydrogen-bond acceptors (Lipinski definition) is 5. The van der Waals surface area contributed by atoms with Crippen LogP contribution in [0, 0.1) is 0 Å². The van der Waals surface area contributed by atoms with E-state index in [-0.39, 0.29) is 18.0 Å². The maximum absolute atomic E-state index is 12.3. The normalized spacial score (nSPS) is 18.4. The van der Waals surface area contributed by atoms with E-state index in [4.69, 9.17) is 4.74 Å². The summed E-state index contributed by atoms with van der Waals surface area (Å²) in [6.45, 7) is 7.54. The minimum atomic E-state index is -0.539. The molecule has 1 aromatic rings. The largest absolute Gasteiger partial charge is 0.444 e. The molecule has 0 aromatic carbocycles. The van der Waals surface area contributed by atoms with Gasteiger partial charge in [0.15, 0.2) is 5.82 Å². The molecule has 1 aliphatic heterocycles. The Kier molecular flexibility index (Phi) is 4.39. The smallest absolute Gasteiger partial charge is 0.410 e. The third-order valence-corrected chi connectivity index (χ3v) is 3.25. The summed E-state index contributed by atoms with van der Waals surface area (Å²) < 4.78 is 6.93. The molecule has 0 radical (unpaired) electrons. The third kappa shape index (κ3) is 3.75. The van der Waals surface area contributed by atoms with E-state index in [2.05, 4.69) is 15.4 Å². The first kappa shape index (κ1) is 16.3. The second-order valence-corrected chi connectivity index (χ2v) is 6.43. The Morgan fingerprint density at radius 3 is 2.64 bits per heavy atom. The van der Waals surface area contributed by atoms with Gasteiger partial charge in [-0.15, -0.1) is 0 Å². The molecule has 1 aliphatic rings. The van der Waals surface area contributed by atoms with E-state index >= 15 is 0 Å². The highest BCUT2D eigenvalue weighted by Gasteiger charge is 2.35. The van der Waals surface area contributed by atoms with Crippen LogP contribution < -0.4 is 5.32 Å². The Morgan fingerprint density at radius 1 is 1.36 bits per heavy atom. The second kappa shape index (κ2) is 5.94. The number of ether oxygens (including phenoxy) is 1. The van der Waals surface area contributed by atoms with Crippen molar-refractivity contribution < 1.29 is 14.3 Å². The van der Waals surface area contributed by atoms with Gasteiger partial charge >= 0.3 is 6.09 Å². The lowest BCUT2D eigenvalue weighted by Crippen LogP contribution is -2.36. The molecule has 8 nitrogen and oxygen atoms in total. The van der Waals surface area contributed by atoms with Gasteiger partial charge < -0.3 is 4.74 Å². The summed E-state index contributed by atoms with van der Waals surface area (Å²) in [4.78, 5) is 29.4. The lowest BCUT2D eigenvalue weighted by Gasteiger charge is -2.27. The molecule has 2 heterocycles. The summed E-state index contributed by atoms with van der Waals surface area (Å²) >= 11 is 0. The van der Waals surface area contributed by atoms with E-state index in [1.54, 1.807) is 11.9 Å². The number of nitrogens with one attached hydrogen (secondary N) is 1. The average Bonchev–Trinajstić information content (AvgIpc) is 2.94. The van der Waals surface area contributed by atoms with Crippen molar-refractivity contribution in [3.05, 3.63) is 5.82 Å². The van der Waals surface area contributed by atoms with Crippen LogP contribution in [0.1, 0.15) is 52.4 Å². The van der Waals surface area contributed by atoms with Gasteiger partial charge in [0.2, 0.25) is 11.9 Å². The van der Waals surface area contributed by atoms with Crippen LogP contribution in [0.5, 0.6) is 0 Å². The molecule has 2 amide bonds. The van der Waals surface area contributed by atoms with Crippen LogP contribution in [0.2, 0.25) is 0 Å². The number of aromatic nitrogens is 3. The highest BCUT2D eigenvalue weighted by Crippen LogP contribution is 2.31. The van der Waals surface area contributed by atoms with Crippen molar-refractivity contribution in [1.82, 2.24) is 19.7 Å². The Labute approximate surface area is 129 Å². The molecule has 0 bridgehead atoms. The quantitative estimate of drug-likeness (QED) is 0.900. The molecule has 0 spiro atoms. The Balaban J connectivity index is 2.17. The fourth-order valence-electron chi connectivity index (χ4n) is 2.39. The number of amides is 2. The molecule has 22 heavy (non-hydrogen) atoms. The Morgan fingerprint density at radius 2 is 2.05 bits per heavy atom. The number of rotatable bonds is 2. The predicted octanol–water partition coefficient (Wildman–Crippen LogP) is 1.85. The van der Waals surface area contributed by atoms with Crippen molar-refractivity contribution in [1.29, 1.82) is 0 Å². The van der Waals surface area contributed by atoms with E-state index in [0.29, 0.717) is 18.3 Å². The summed E-state index contributed by atoms with van der Waals surface area (Å²) in [7, 11) is 1.70. The number of carbonyl (C=O) groups is 2. The second-order valence-electron chi connectivity index (χ2n) is 6.43. The maximum atomic E-state index is 12.3. The van der Waals surface area contributed by atoms with Gasteiger partial charge in [-0.2, -0.15) is 10.1 Å². The van der Waals surface area contributed by atoms with E-state index in [9.17, 15) is 9.59 Å². The number of carbonyl (C=O) groups excluding carboxylic acids is 2. The zero-order valence-electron chi connectivity index (χ0n) is 13.7. The van der Waals surface area contributed by atoms with Crippen LogP contribution in [0.4, 0.5) is 10.7 Å². The van der Waals surface area contributed by atoms with E-state index in [1.807, 2.05) is 20.8 Å².